The molecular formula is C16H18N4O2. The van der Waals surface area contributed by atoms with Crippen molar-refractivity contribution in [2.45, 2.75) is 26.4 Å². The van der Waals surface area contributed by atoms with Crippen molar-refractivity contribution in [3.63, 3.8) is 0 Å². The van der Waals surface area contributed by atoms with E-state index in [-0.39, 0.29) is 12.0 Å². The molecule has 6 heteroatoms. The predicted octanol–water partition coefficient (Wildman–Crippen LogP) is 1.78. The van der Waals surface area contributed by atoms with Gasteiger partial charge in [-0.15, -0.1) is 0 Å². The number of nitrogens with zero attached hydrogens (tertiary/aromatic N) is 4. The molecule has 1 saturated heterocycles. The zero-order valence-corrected chi connectivity index (χ0v) is 12.7. The molecule has 1 unspecified atom stereocenters. The summed E-state index contributed by atoms with van der Waals surface area (Å²) in [6.45, 7) is 5.02. The summed E-state index contributed by atoms with van der Waals surface area (Å²) in [5.41, 5.74) is 1.54. The summed E-state index contributed by atoms with van der Waals surface area (Å²) >= 11 is 0. The Morgan fingerprint density at radius 3 is 2.77 bits per heavy atom. The van der Waals surface area contributed by atoms with Gasteiger partial charge in [-0.25, -0.2) is 4.98 Å². The molecule has 114 valence electrons. The van der Waals surface area contributed by atoms with Gasteiger partial charge in [-0.2, -0.15) is 4.98 Å². The summed E-state index contributed by atoms with van der Waals surface area (Å²) in [5.74, 6) is 1.29. The van der Waals surface area contributed by atoms with Gasteiger partial charge in [0.05, 0.1) is 6.54 Å². The third-order valence-electron chi connectivity index (χ3n) is 3.59. The van der Waals surface area contributed by atoms with Crippen LogP contribution in [0.15, 0.2) is 30.6 Å². The lowest BCUT2D eigenvalue weighted by atomic mass is 10.2. The van der Waals surface area contributed by atoms with E-state index in [0.29, 0.717) is 30.4 Å². The van der Waals surface area contributed by atoms with Crippen LogP contribution in [0.3, 0.4) is 0 Å². The highest BCUT2D eigenvalue weighted by Crippen LogP contribution is 2.19. The molecule has 0 bridgehead atoms. The second-order valence-corrected chi connectivity index (χ2v) is 5.41. The topological polar surface area (TPSA) is 68.2 Å². The van der Waals surface area contributed by atoms with Crippen molar-refractivity contribution in [3.05, 3.63) is 47.7 Å². The van der Waals surface area contributed by atoms with Gasteiger partial charge < -0.3 is 9.64 Å². The Kier molecular flexibility index (Phi) is 4.00. The molecule has 1 fully saturated rings. The first-order chi connectivity index (χ1) is 10.6. The van der Waals surface area contributed by atoms with Crippen LogP contribution in [-0.4, -0.2) is 45.0 Å². The van der Waals surface area contributed by atoms with Gasteiger partial charge in [0.2, 0.25) is 5.88 Å². The minimum absolute atomic E-state index is 0.0172. The van der Waals surface area contributed by atoms with Crippen LogP contribution in [0.5, 0.6) is 5.88 Å². The van der Waals surface area contributed by atoms with Crippen LogP contribution in [0, 0.1) is 13.8 Å². The molecule has 1 aliphatic rings. The van der Waals surface area contributed by atoms with Gasteiger partial charge in [0, 0.05) is 42.7 Å². The first-order valence-corrected chi connectivity index (χ1v) is 7.30. The average molecular weight is 298 g/mol. The van der Waals surface area contributed by atoms with Crippen molar-refractivity contribution in [2.75, 3.05) is 13.1 Å². The van der Waals surface area contributed by atoms with Gasteiger partial charge in [-0.05, 0) is 26.0 Å². The molecule has 1 aliphatic heterocycles. The Bertz CT molecular complexity index is 655. The molecular weight excluding hydrogens is 280 g/mol. The summed E-state index contributed by atoms with van der Waals surface area (Å²) in [5, 5.41) is 0. The maximum absolute atomic E-state index is 12.4. The third-order valence-corrected chi connectivity index (χ3v) is 3.59. The third kappa shape index (κ3) is 3.21. The van der Waals surface area contributed by atoms with Crippen LogP contribution in [0.4, 0.5) is 0 Å². The largest absolute Gasteiger partial charge is 0.472 e. The fraction of sp³-hybridized carbons (Fsp3) is 0.375. The standard InChI is InChI=1S/C16H18N4O2/c1-11-9-15(19-12(2)18-11)22-14-5-8-20(10-14)16(21)13-3-6-17-7-4-13/h3-4,6-7,9,14H,5,8,10H2,1-2H3. The number of aromatic nitrogens is 3. The van der Waals surface area contributed by atoms with Crippen molar-refractivity contribution in [2.24, 2.45) is 0 Å². The Labute approximate surface area is 129 Å². The van der Waals surface area contributed by atoms with E-state index >= 15 is 0 Å². The minimum Gasteiger partial charge on any atom is -0.472 e. The SMILES string of the molecule is Cc1cc(OC2CCN(C(=O)c3ccncc3)C2)nc(C)n1. The van der Waals surface area contributed by atoms with Crippen molar-refractivity contribution < 1.29 is 9.53 Å². The van der Waals surface area contributed by atoms with E-state index < -0.39 is 0 Å². The van der Waals surface area contributed by atoms with Crippen LogP contribution in [0.2, 0.25) is 0 Å². The molecule has 2 aromatic rings. The number of ether oxygens (including phenoxy) is 1. The number of rotatable bonds is 3. The Balaban J connectivity index is 1.64. The van der Waals surface area contributed by atoms with E-state index in [1.54, 1.807) is 29.4 Å². The zero-order valence-electron chi connectivity index (χ0n) is 12.7. The highest BCUT2D eigenvalue weighted by molar-refractivity contribution is 5.94. The lowest BCUT2D eigenvalue weighted by Crippen LogP contribution is -2.31. The fourth-order valence-corrected chi connectivity index (χ4v) is 2.60. The fourth-order valence-electron chi connectivity index (χ4n) is 2.60. The Morgan fingerprint density at radius 2 is 2.05 bits per heavy atom. The number of likely N-dealkylation sites (tertiary alicyclic amines) is 1. The molecule has 0 aliphatic carbocycles. The molecule has 0 spiro atoms. The quantitative estimate of drug-likeness (QED) is 0.864. The van der Waals surface area contributed by atoms with Crippen LogP contribution < -0.4 is 4.74 Å². The van der Waals surface area contributed by atoms with Crippen molar-refractivity contribution >= 4 is 5.91 Å². The molecule has 0 saturated carbocycles. The monoisotopic (exact) mass is 298 g/mol. The molecule has 0 N–H and O–H groups in total. The molecule has 2 aromatic heterocycles. The summed E-state index contributed by atoms with van der Waals surface area (Å²) < 4.78 is 5.90. The van der Waals surface area contributed by atoms with Gasteiger partial charge in [0.1, 0.15) is 11.9 Å². The van der Waals surface area contributed by atoms with E-state index in [1.807, 2.05) is 19.9 Å². The number of carbonyl (C=O) groups is 1. The molecule has 3 heterocycles. The van der Waals surface area contributed by atoms with Crippen LogP contribution >= 0.6 is 0 Å². The van der Waals surface area contributed by atoms with Gasteiger partial charge in [-0.3, -0.25) is 9.78 Å². The minimum atomic E-state index is -0.0283. The second-order valence-electron chi connectivity index (χ2n) is 5.41. The number of amides is 1. The highest BCUT2D eigenvalue weighted by Gasteiger charge is 2.28. The summed E-state index contributed by atoms with van der Waals surface area (Å²) in [4.78, 5) is 26.6. The van der Waals surface area contributed by atoms with Crippen LogP contribution in [0.1, 0.15) is 28.3 Å². The highest BCUT2D eigenvalue weighted by atomic mass is 16.5. The molecule has 1 atom stereocenters. The maximum atomic E-state index is 12.4. The number of aryl methyl sites for hydroxylation is 2. The number of hydrogen-bond donors (Lipinski definition) is 0. The molecule has 6 nitrogen and oxygen atoms in total. The molecule has 0 aromatic carbocycles. The number of carbonyl (C=O) groups excluding carboxylic acids is 1. The molecule has 22 heavy (non-hydrogen) atoms. The van der Waals surface area contributed by atoms with Crippen molar-refractivity contribution in [1.82, 2.24) is 19.9 Å². The van der Waals surface area contributed by atoms with E-state index in [0.717, 1.165) is 12.1 Å². The van der Waals surface area contributed by atoms with Crippen LogP contribution in [-0.2, 0) is 0 Å². The Hall–Kier alpha value is -2.50. The number of pyridine rings is 1. The predicted molar refractivity (Wildman–Crippen MR) is 80.7 cm³/mol. The number of hydrogen-bond acceptors (Lipinski definition) is 5. The van der Waals surface area contributed by atoms with Crippen LogP contribution in [0.25, 0.3) is 0 Å². The summed E-state index contributed by atoms with van der Waals surface area (Å²) in [6.07, 6.45) is 4.03. The normalized spacial score (nSPS) is 17.5. The van der Waals surface area contributed by atoms with Gasteiger partial charge in [0.15, 0.2) is 0 Å². The van der Waals surface area contributed by atoms with Gasteiger partial charge >= 0.3 is 0 Å². The van der Waals surface area contributed by atoms with Crippen molar-refractivity contribution in [3.8, 4) is 5.88 Å². The first-order valence-electron chi connectivity index (χ1n) is 7.30. The summed E-state index contributed by atoms with van der Waals surface area (Å²) in [7, 11) is 0. The average Bonchev–Trinajstić information content (AvgIpc) is 2.95. The first kappa shape index (κ1) is 14.4. The maximum Gasteiger partial charge on any atom is 0.254 e. The van der Waals surface area contributed by atoms with Gasteiger partial charge in [-0.1, -0.05) is 0 Å². The lowest BCUT2D eigenvalue weighted by molar-refractivity contribution is 0.0771. The summed E-state index contributed by atoms with van der Waals surface area (Å²) in [6, 6.07) is 5.28. The molecule has 3 rings (SSSR count). The Morgan fingerprint density at radius 1 is 1.27 bits per heavy atom. The lowest BCUT2D eigenvalue weighted by Gasteiger charge is -2.17. The van der Waals surface area contributed by atoms with E-state index in [2.05, 4.69) is 15.0 Å². The molecule has 0 radical (unpaired) electrons. The van der Waals surface area contributed by atoms with E-state index in [1.165, 1.54) is 0 Å². The zero-order chi connectivity index (χ0) is 15.5. The smallest absolute Gasteiger partial charge is 0.254 e. The van der Waals surface area contributed by atoms with E-state index in [4.69, 9.17) is 4.74 Å². The van der Waals surface area contributed by atoms with E-state index in [9.17, 15) is 4.79 Å². The molecule has 1 amide bonds. The van der Waals surface area contributed by atoms with Crippen molar-refractivity contribution in [1.29, 1.82) is 0 Å². The van der Waals surface area contributed by atoms with Gasteiger partial charge in [0.25, 0.3) is 5.91 Å². The second kappa shape index (κ2) is 6.09.